The average Bonchev–Trinajstić information content (AvgIpc) is 2.68. The summed E-state index contributed by atoms with van der Waals surface area (Å²) in [5.74, 6) is -4.54. The van der Waals surface area contributed by atoms with Gasteiger partial charge < -0.3 is 15.1 Å². The van der Waals surface area contributed by atoms with Crippen LogP contribution in [-0.2, 0) is 4.79 Å². The summed E-state index contributed by atoms with van der Waals surface area (Å²) in [6.07, 6.45) is 2.09. The van der Waals surface area contributed by atoms with Crippen molar-refractivity contribution in [3.63, 3.8) is 0 Å². The fourth-order valence-corrected chi connectivity index (χ4v) is 2.60. The van der Waals surface area contributed by atoms with E-state index in [1.165, 1.54) is 18.3 Å². The van der Waals surface area contributed by atoms with Crippen LogP contribution in [0.4, 0.5) is 24.5 Å². The number of carbonyl (C=O) groups is 2. The summed E-state index contributed by atoms with van der Waals surface area (Å²) in [5, 5.41) is 2.61. The van der Waals surface area contributed by atoms with E-state index in [9.17, 15) is 22.8 Å². The van der Waals surface area contributed by atoms with Crippen LogP contribution in [0.5, 0.6) is 0 Å². The molecule has 1 aromatic heterocycles. The average molecular weight is 364 g/mol. The number of piperazine rings is 1. The molecule has 0 bridgehead atoms. The molecule has 1 aliphatic heterocycles. The first-order chi connectivity index (χ1) is 12.5. The van der Waals surface area contributed by atoms with Gasteiger partial charge in [-0.15, -0.1) is 0 Å². The number of nitrogens with zero attached hydrogens (tertiary/aromatic N) is 3. The monoisotopic (exact) mass is 364 g/mol. The van der Waals surface area contributed by atoms with Gasteiger partial charge in [0.25, 0.3) is 5.91 Å². The maximum Gasteiger partial charge on any atom is 0.272 e. The second-order valence-corrected chi connectivity index (χ2v) is 5.71. The lowest BCUT2D eigenvalue weighted by molar-refractivity contribution is -0.119. The lowest BCUT2D eigenvalue weighted by Gasteiger charge is -2.32. The Morgan fingerprint density at radius 2 is 1.81 bits per heavy atom. The third-order valence-electron chi connectivity index (χ3n) is 4.04. The minimum Gasteiger partial charge on any atom is -0.353 e. The van der Waals surface area contributed by atoms with Crippen LogP contribution in [0.15, 0.2) is 30.5 Å². The first-order valence-electron chi connectivity index (χ1n) is 7.85. The first kappa shape index (κ1) is 17.7. The molecule has 26 heavy (non-hydrogen) atoms. The Morgan fingerprint density at radius 1 is 1.08 bits per heavy atom. The van der Waals surface area contributed by atoms with Crippen molar-refractivity contribution < 1.29 is 22.8 Å². The summed E-state index contributed by atoms with van der Waals surface area (Å²) in [4.78, 5) is 30.4. The molecule has 2 amide bonds. The highest BCUT2D eigenvalue weighted by Gasteiger charge is 2.22. The largest absolute Gasteiger partial charge is 0.353 e. The number of hydrogen-bond donors (Lipinski definition) is 1. The van der Waals surface area contributed by atoms with Crippen LogP contribution in [0.2, 0.25) is 0 Å². The molecular formula is C17H15F3N4O2. The minimum absolute atomic E-state index is 0.123. The van der Waals surface area contributed by atoms with Gasteiger partial charge in [0.1, 0.15) is 5.69 Å². The maximum atomic E-state index is 13.8. The van der Waals surface area contributed by atoms with Crippen LogP contribution in [-0.4, -0.2) is 53.3 Å². The minimum atomic E-state index is -1.58. The van der Waals surface area contributed by atoms with Gasteiger partial charge in [-0.1, -0.05) is 0 Å². The number of aromatic nitrogens is 1. The van der Waals surface area contributed by atoms with E-state index in [-0.39, 0.29) is 17.3 Å². The van der Waals surface area contributed by atoms with Crippen molar-refractivity contribution in [1.82, 2.24) is 14.8 Å². The fraction of sp³-hybridized carbons (Fsp3) is 0.235. The van der Waals surface area contributed by atoms with E-state index in [0.717, 1.165) is 18.5 Å². The van der Waals surface area contributed by atoms with Crippen molar-refractivity contribution in [3.8, 4) is 0 Å². The Hall–Kier alpha value is -3.10. The van der Waals surface area contributed by atoms with E-state index >= 15 is 0 Å². The Morgan fingerprint density at radius 3 is 2.50 bits per heavy atom. The van der Waals surface area contributed by atoms with E-state index in [2.05, 4.69) is 10.3 Å². The molecule has 0 spiro atoms. The Bertz CT molecular complexity index is 839. The molecule has 1 aromatic carbocycles. The number of benzene rings is 1. The standard InChI is InChI=1S/C17H15F3N4O2/c18-12-1-2-13(16(20)15(12)19)22-11-3-4-21-14(9-11)17(26)24-7-5-23(10-25)6-8-24/h1-4,9-10H,5-8H2,(H,21,22). The number of pyridine rings is 1. The van der Waals surface area contributed by atoms with Crippen LogP contribution in [0.1, 0.15) is 10.5 Å². The number of rotatable bonds is 4. The number of nitrogens with one attached hydrogen (secondary N) is 1. The summed E-state index contributed by atoms with van der Waals surface area (Å²) in [5.41, 5.74) is 0.172. The van der Waals surface area contributed by atoms with E-state index in [0.29, 0.717) is 31.9 Å². The molecule has 0 aliphatic carbocycles. The predicted molar refractivity (Wildman–Crippen MR) is 87.4 cm³/mol. The second-order valence-electron chi connectivity index (χ2n) is 5.71. The SMILES string of the molecule is O=CN1CCN(C(=O)c2cc(Nc3ccc(F)c(F)c3F)ccn2)CC1. The van der Waals surface area contributed by atoms with Crippen molar-refractivity contribution in [2.24, 2.45) is 0 Å². The van der Waals surface area contributed by atoms with Gasteiger partial charge in [0.2, 0.25) is 6.41 Å². The summed E-state index contributed by atoms with van der Waals surface area (Å²) in [6, 6.07) is 4.74. The van der Waals surface area contributed by atoms with E-state index in [1.54, 1.807) is 9.80 Å². The van der Waals surface area contributed by atoms with Crippen molar-refractivity contribution in [2.75, 3.05) is 31.5 Å². The highest BCUT2D eigenvalue weighted by atomic mass is 19.2. The van der Waals surface area contributed by atoms with E-state index < -0.39 is 17.5 Å². The van der Waals surface area contributed by atoms with Crippen molar-refractivity contribution in [2.45, 2.75) is 0 Å². The molecule has 136 valence electrons. The topological polar surface area (TPSA) is 65.5 Å². The molecule has 0 radical (unpaired) electrons. The van der Waals surface area contributed by atoms with Gasteiger partial charge in [0.05, 0.1) is 5.69 Å². The lowest BCUT2D eigenvalue weighted by atomic mass is 10.2. The number of anilines is 2. The molecule has 1 aliphatic rings. The molecule has 0 unspecified atom stereocenters. The summed E-state index contributed by atoms with van der Waals surface area (Å²) < 4.78 is 40.1. The zero-order valence-electron chi connectivity index (χ0n) is 13.6. The molecule has 3 rings (SSSR count). The Kier molecular flexibility index (Phi) is 5.06. The molecule has 6 nitrogen and oxygen atoms in total. The summed E-state index contributed by atoms with van der Waals surface area (Å²) in [6.45, 7) is 1.64. The smallest absolute Gasteiger partial charge is 0.272 e. The van der Waals surface area contributed by atoms with Crippen LogP contribution < -0.4 is 5.32 Å². The zero-order chi connectivity index (χ0) is 18.7. The molecule has 2 aromatic rings. The van der Waals surface area contributed by atoms with Crippen molar-refractivity contribution >= 4 is 23.7 Å². The Labute approximate surface area is 147 Å². The third kappa shape index (κ3) is 3.61. The van der Waals surface area contributed by atoms with Crippen LogP contribution in [0.25, 0.3) is 0 Å². The molecular weight excluding hydrogens is 349 g/mol. The van der Waals surface area contributed by atoms with E-state index in [4.69, 9.17) is 0 Å². The van der Waals surface area contributed by atoms with Gasteiger partial charge >= 0.3 is 0 Å². The number of amides is 2. The maximum absolute atomic E-state index is 13.8. The van der Waals surface area contributed by atoms with Gasteiger partial charge in [-0.2, -0.15) is 0 Å². The lowest BCUT2D eigenvalue weighted by Crippen LogP contribution is -2.48. The molecule has 1 fully saturated rings. The number of hydrogen-bond acceptors (Lipinski definition) is 4. The number of halogens is 3. The fourth-order valence-electron chi connectivity index (χ4n) is 2.60. The van der Waals surface area contributed by atoms with Gasteiger partial charge in [0, 0.05) is 38.1 Å². The molecule has 9 heteroatoms. The number of carbonyl (C=O) groups excluding carboxylic acids is 2. The zero-order valence-corrected chi connectivity index (χ0v) is 13.6. The van der Waals surface area contributed by atoms with Gasteiger partial charge in [-0.25, -0.2) is 13.2 Å². The van der Waals surface area contributed by atoms with Crippen LogP contribution in [0.3, 0.4) is 0 Å². The quantitative estimate of drug-likeness (QED) is 0.667. The van der Waals surface area contributed by atoms with Crippen LogP contribution in [0, 0.1) is 17.5 Å². The van der Waals surface area contributed by atoms with Gasteiger partial charge in [-0.05, 0) is 24.3 Å². The summed E-state index contributed by atoms with van der Waals surface area (Å²) >= 11 is 0. The second kappa shape index (κ2) is 7.42. The van der Waals surface area contributed by atoms with Crippen LogP contribution >= 0.6 is 0 Å². The molecule has 0 saturated carbocycles. The highest BCUT2D eigenvalue weighted by molar-refractivity contribution is 5.93. The van der Waals surface area contributed by atoms with Crippen molar-refractivity contribution in [3.05, 3.63) is 53.6 Å². The highest BCUT2D eigenvalue weighted by Crippen LogP contribution is 2.24. The summed E-state index contributed by atoms with van der Waals surface area (Å²) in [7, 11) is 0. The molecule has 0 atom stereocenters. The normalized spacial score (nSPS) is 14.3. The first-order valence-corrected chi connectivity index (χ1v) is 7.85. The molecule has 1 saturated heterocycles. The molecule has 2 heterocycles. The van der Waals surface area contributed by atoms with Crippen molar-refractivity contribution in [1.29, 1.82) is 0 Å². The third-order valence-corrected chi connectivity index (χ3v) is 4.04. The Balaban J connectivity index is 1.75. The molecule has 1 N–H and O–H groups in total. The predicted octanol–water partition coefficient (Wildman–Crippen LogP) is 2.16. The van der Waals surface area contributed by atoms with E-state index in [1.807, 2.05) is 0 Å². The van der Waals surface area contributed by atoms with Gasteiger partial charge in [0.15, 0.2) is 17.5 Å². The van der Waals surface area contributed by atoms with Gasteiger partial charge in [-0.3, -0.25) is 14.6 Å².